The second-order valence-corrected chi connectivity index (χ2v) is 7.95. The molecular weight excluding hydrogens is 387 g/mol. The number of halogens is 1. The zero-order chi connectivity index (χ0) is 21.3. The molecule has 9 heteroatoms. The fourth-order valence-electron chi connectivity index (χ4n) is 3.98. The van der Waals surface area contributed by atoms with Crippen molar-refractivity contribution < 1.29 is 14.2 Å². The Hall–Kier alpha value is -2.78. The van der Waals surface area contributed by atoms with Crippen LogP contribution >= 0.6 is 0 Å². The van der Waals surface area contributed by atoms with E-state index >= 15 is 0 Å². The summed E-state index contributed by atoms with van der Waals surface area (Å²) in [5.74, 6) is 1.000. The van der Waals surface area contributed by atoms with Crippen LogP contribution in [0.1, 0.15) is 23.5 Å². The summed E-state index contributed by atoms with van der Waals surface area (Å²) < 4.78 is 19.9. The standard InChI is InChI=1S/C21H27FN6O2/c1-27-6-5-16(17(22)12-27)13-3-4-14(9-23)18(7-13)24-19-8-20(26-21(25-19)30-2)28-10-15(29)11-28/h3-4,7-9,15-17,23,29H,5-6,10-12H2,1-2H3,(H,24,25,26). The molecule has 1 aromatic carbocycles. The number of β-amino-alcohol motifs (C(OH)–C–C–N with tert-alkyl or cyclic N) is 1. The minimum absolute atomic E-state index is 0.167. The number of nitrogens with zero attached hydrogens (tertiary/aromatic N) is 4. The van der Waals surface area contributed by atoms with E-state index in [1.807, 2.05) is 35.0 Å². The van der Waals surface area contributed by atoms with E-state index in [2.05, 4.69) is 15.3 Å². The Balaban J connectivity index is 1.62. The van der Waals surface area contributed by atoms with Crippen LogP contribution < -0.4 is 15.0 Å². The molecule has 0 radical (unpaired) electrons. The van der Waals surface area contributed by atoms with Gasteiger partial charge in [-0.1, -0.05) is 12.1 Å². The van der Waals surface area contributed by atoms with Crippen LogP contribution in [-0.4, -0.2) is 78.8 Å². The smallest absolute Gasteiger partial charge is 0.320 e. The summed E-state index contributed by atoms with van der Waals surface area (Å²) in [7, 11) is 3.43. The van der Waals surface area contributed by atoms with Crippen molar-refractivity contribution in [1.82, 2.24) is 14.9 Å². The van der Waals surface area contributed by atoms with Gasteiger partial charge in [0.1, 0.15) is 17.8 Å². The van der Waals surface area contributed by atoms with Crippen LogP contribution in [0.3, 0.4) is 0 Å². The SMILES string of the molecule is COc1nc(Nc2cc(C3CCN(C)CC3F)ccc2C=N)cc(N2CC(O)C2)n1. The molecule has 8 nitrogen and oxygen atoms in total. The normalized spacial score (nSPS) is 22.5. The minimum atomic E-state index is -0.925. The van der Waals surface area contributed by atoms with Gasteiger partial charge in [-0.3, -0.25) is 0 Å². The maximum atomic E-state index is 14.7. The van der Waals surface area contributed by atoms with E-state index in [0.717, 1.165) is 18.5 Å². The first-order valence-corrected chi connectivity index (χ1v) is 10.1. The Labute approximate surface area is 175 Å². The van der Waals surface area contributed by atoms with Gasteiger partial charge < -0.3 is 30.4 Å². The van der Waals surface area contributed by atoms with Gasteiger partial charge in [-0.15, -0.1) is 0 Å². The number of ether oxygens (including phenoxy) is 1. The van der Waals surface area contributed by atoms with Crippen molar-refractivity contribution >= 4 is 23.5 Å². The molecule has 0 spiro atoms. The molecule has 4 rings (SSSR count). The molecule has 1 aromatic heterocycles. The number of methoxy groups -OCH3 is 1. The molecule has 160 valence electrons. The molecule has 2 fully saturated rings. The van der Waals surface area contributed by atoms with Gasteiger partial charge >= 0.3 is 6.01 Å². The summed E-state index contributed by atoms with van der Waals surface area (Å²) in [4.78, 5) is 12.6. The second-order valence-electron chi connectivity index (χ2n) is 7.95. The van der Waals surface area contributed by atoms with Crippen LogP contribution in [-0.2, 0) is 0 Å². The number of hydrogen-bond donors (Lipinski definition) is 3. The summed E-state index contributed by atoms with van der Waals surface area (Å²) >= 11 is 0. The first-order valence-electron chi connectivity index (χ1n) is 10.1. The lowest BCUT2D eigenvalue weighted by Crippen LogP contribution is -2.51. The third kappa shape index (κ3) is 4.22. The molecule has 30 heavy (non-hydrogen) atoms. The van der Waals surface area contributed by atoms with Crippen LogP contribution in [0.25, 0.3) is 0 Å². The van der Waals surface area contributed by atoms with E-state index in [9.17, 15) is 9.50 Å². The number of aliphatic hydroxyl groups is 1. The molecule has 2 aliphatic rings. The average Bonchev–Trinajstić information content (AvgIpc) is 2.71. The number of rotatable bonds is 6. The largest absolute Gasteiger partial charge is 0.467 e. The summed E-state index contributed by atoms with van der Waals surface area (Å²) in [6.07, 6.45) is 0.737. The molecule has 0 bridgehead atoms. The fourth-order valence-corrected chi connectivity index (χ4v) is 3.98. The lowest BCUT2D eigenvalue weighted by molar-refractivity contribution is 0.139. The number of anilines is 3. The summed E-state index contributed by atoms with van der Waals surface area (Å²) in [6, 6.07) is 7.64. The van der Waals surface area contributed by atoms with Crippen molar-refractivity contribution in [3.05, 3.63) is 35.4 Å². The van der Waals surface area contributed by atoms with E-state index in [-0.39, 0.29) is 18.0 Å². The predicted octanol–water partition coefficient (Wildman–Crippen LogP) is 2.16. The molecule has 0 aliphatic carbocycles. The Kier molecular flexibility index (Phi) is 5.83. The number of aliphatic hydroxyl groups excluding tert-OH is 1. The van der Waals surface area contributed by atoms with E-state index in [4.69, 9.17) is 10.1 Å². The zero-order valence-electron chi connectivity index (χ0n) is 17.2. The van der Waals surface area contributed by atoms with Gasteiger partial charge in [-0.2, -0.15) is 9.97 Å². The molecule has 2 unspecified atom stereocenters. The molecule has 0 amide bonds. The summed E-state index contributed by atoms with van der Waals surface area (Å²) in [6.45, 7) is 2.30. The maximum Gasteiger partial charge on any atom is 0.320 e. The van der Waals surface area contributed by atoms with Gasteiger partial charge in [0.15, 0.2) is 0 Å². The summed E-state index contributed by atoms with van der Waals surface area (Å²) in [5.41, 5.74) is 2.28. The lowest BCUT2D eigenvalue weighted by atomic mass is 9.87. The monoisotopic (exact) mass is 414 g/mol. The minimum Gasteiger partial charge on any atom is -0.467 e. The average molecular weight is 414 g/mol. The predicted molar refractivity (Wildman–Crippen MR) is 114 cm³/mol. The van der Waals surface area contributed by atoms with Gasteiger partial charge in [0.2, 0.25) is 0 Å². The zero-order valence-corrected chi connectivity index (χ0v) is 17.2. The molecule has 0 saturated carbocycles. The van der Waals surface area contributed by atoms with Gasteiger partial charge in [0, 0.05) is 49.1 Å². The van der Waals surface area contributed by atoms with Crippen LogP contribution in [0.15, 0.2) is 24.3 Å². The van der Waals surface area contributed by atoms with Crippen molar-refractivity contribution in [1.29, 1.82) is 5.41 Å². The second kappa shape index (κ2) is 8.53. The highest BCUT2D eigenvalue weighted by Gasteiger charge is 2.29. The number of piperidine rings is 1. The van der Waals surface area contributed by atoms with E-state index in [1.165, 1.54) is 13.3 Å². The molecule has 3 N–H and O–H groups in total. The van der Waals surface area contributed by atoms with Crippen LogP contribution in [0.2, 0.25) is 0 Å². The molecule has 2 atom stereocenters. The number of nitrogens with one attached hydrogen (secondary N) is 2. The number of hydrogen-bond acceptors (Lipinski definition) is 8. The van der Waals surface area contributed by atoms with Crippen molar-refractivity contribution in [3.8, 4) is 6.01 Å². The first kappa shape index (κ1) is 20.5. The van der Waals surface area contributed by atoms with Crippen molar-refractivity contribution in [3.63, 3.8) is 0 Å². The number of alkyl halides is 1. The molecule has 2 aliphatic heterocycles. The molecular formula is C21H27FN6O2. The van der Waals surface area contributed by atoms with Gasteiger partial charge in [-0.25, -0.2) is 4.39 Å². The third-order valence-corrected chi connectivity index (χ3v) is 5.73. The van der Waals surface area contributed by atoms with Crippen molar-refractivity contribution in [2.75, 3.05) is 50.6 Å². The Bertz CT molecular complexity index is 920. The van der Waals surface area contributed by atoms with Crippen LogP contribution in [0.5, 0.6) is 6.01 Å². The molecule has 3 heterocycles. The van der Waals surface area contributed by atoms with Gasteiger partial charge in [0.05, 0.1) is 13.2 Å². The van der Waals surface area contributed by atoms with Gasteiger partial charge in [-0.05, 0) is 31.6 Å². The topological polar surface area (TPSA) is 97.6 Å². The highest BCUT2D eigenvalue weighted by Crippen LogP contribution is 2.33. The highest BCUT2D eigenvalue weighted by atomic mass is 19.1. The van der Waals surface area contributed by atoms with Crippen molar-refractivity contribution in [2.24, 2.45) is 0 Å². The van der Waals surface area contributed by atoms with E-state index in [1.54, 1.807) is 6.07 Å². The number of aromatic nitrogens is 2. The molecule has 2 aromatic rings. The van der Waals surface area contributed by atoms with Crippen LogP contribution in [0, 0.1) is 5.41 Å². The fraction of sp³-hybridized carbons (Fsp3) is 0.476. The quantitative estimate of drug-likeness (QED) is 0.623. The Morgan fingerprint density at radius 2 is 2.07 bits per heavy atom. The molecule has 2 saturated heterocycles. The Morgan fingerprint density at radius 3 is 2.73 bits per heavy atom. The summed E-state index contributed by atoms with van der Waals surface area (Å²) in [5, 5.41) is 20.6. The van der Waals surface area contributed by atoms with E-state index < -0.39 is 6.17 Å². The lowest BCUT2D eigenvalue weighted by Gasteiger charge is -2.36. The Morgan fingerprint density at radius 1 is 1.27 bits per heavy atom. The highest BCUT2D eigenvalue weighted by molar-refractivity contribution is 5.87. The van der Waals surface area contributed by atoms with Crippen LogP contribution in [0.4, 0.5) is 21.7 Å². The van der Waals surface area contributed by atoms with Crippen molar-refractivity contribution in [2.45, 2.75) is 24.6 Å². The number of likely N-dealkylation sites (tertiary alicyclic amines) is 1. The first-order chi connectivity index (χ1) is 14.5. The third-order valence-electron chi connectivity index (χ3n) is 5.73. The number of benzene rings is 1. The maximum absolute atomic E-state index is 14.7. The van der Waals surface area contributed by atoms with Gasteiger partial charge in [0.25, 0.3) is 0 Å². The van der Waals surface area contributed by atoms with E-state index in [0.29, 0.717) is 42.5 Å².